The molecule has 1 unspecified atom stereocenters. The topological polar surface area (TPSA) is 29.1 Å². The van der Waals surface area contributed by atoms with Crippen LogP contribution in [0.4, 0.5) is 4.39 Å². The van der Waals surface area contributed by atoms with Crippen LogP contribution in [0.3, 0.4) is 0 Å². The lowest BCUT2D eigenvalue weighted by Gasteiger charge is -2.15. The summed E-state index contributed by atoms with van der Waals surface area (Å²) in [7, 11) is 0. The second-order valence-corrected chi connectivity index (χ2v) is 5.59. The van der Waals surface area contributed by atoms with Crippen LogP contribution in [0.2, 0.25) is 0 Å². The predicted octanol–water partition coefficient (Wildman–Crippen LogP) is 4.39. The Balaban J connectivity index is 2.17. The molecule has 0 fully saturated rings. The van der Waals surface area contributed by atoms with Gasteiger partial charge in [-0.3, -0.25) is 4.79 Å². The van der Waals surface area contributed by atoms with E-state index in [0.29, 0.717) is 5.56 Å². The fraction of sp³-hybridized carbons (Fsp3) is 0.188. The van der Waals surface area contributed by atoms with Crippen LogP contribution in [-0.2, 0) is 0 Å². The maximum Gasteiger partial charge on any atom is 0.252 e. The highest BCUT2D eigenvalue weighted by molar-refractivity contribution is 9.10. The first-order chi connectivity index (χ1) is 9.47. The maximum absolute atomic E-state index is 13.2. The Morgan fingerprint density at radius 3 is 2.70 bits per heavy atom. The second-order valence-electron chi connectivity index (χ2n) is 4.73. The zero-order valence-corrected chi connectivity index (χ0v) is 12.9. The Morgan fingerprint density at radius 1 is 1.25 bits per heavy atom. The molecule has 0 aliphatic rings. The molecule has 1 atom stereocenters. The summed E-state index contributed by atoms with van der Waals surface area (Å²) < 4.78 is 13.9. The fourth-order valence-electron chi connectivity index (χ4n) is 1.95. The van der Waals surface area contributed by atoms with Crippen LogP contribution >= 0.6 is 15.9 Å². The number of hydrogen-bond acceptors (Lipinski definition) is 1. The third kappa shape index (κ3) is 3.45. The first-order valence-electron chi connectivity index (χ1n) is 6.30. The quantitative estimate of drug-likeness (QED) is 0.885. The van der Waals surface area contributed by atoms with E-state index in [1.54, 1.807) is 12.1 Å². The summed E-state index contributed by atoms with van der Waals surface area (Å²) in [4.78, 5) is 12.3. The second kappa shape index (κ2) is 6.18. The SMILES string of the molecule is Cc1ccc(Br)c(C(=O)NC(C)c2cccc(F)c2)c1. The third-order valence-corrected chi connectivity index (χ3v) is 3.75. The van der Waals surface area contributed by atoms with Crippen LogP contribution < -0.4 is 5.32 Å². The Labute approximate surface area is 126 Å². The molecule has 0 bridgehead atoms. The van der Waals surface area contributed by atoms with Gasteiger partial charge >= 0.3 is 0 Å². The van der Waals surface area contributed by atoms with Gasteiger partial charge in [0.25, 0.3) is 5.91 Å². The van der Waals surface area contributed by atoms with Crippen molar-refractivity contribution in [3.63, 3.8) is 0 Å². The molecule has 0 heterocycles. The van der Waals surface area contributed by atoms with E-state index in [9.17, 15) is 9.18 Å². The summed E-state index contributed by atoms with van der Waals surface area (Å²) in [5.74, 6) is -0.488. The average Bonchev–Trinajstić information content (AvgIpc) is 2.41. The van der Waals surface area contributed by atoms with Crippen molar-refractivity contribution in [2.45, 2.75) is 19.9 Å². The van der Waals surface area contributed by atoms with Gasteiger partial charge in [0, 0.05) is 4.47 Å². The van der Waals surface area contributed by atoms with Crippen LogP contribution in [0.25, 0.3) is 0 Å². The maximum atomic E-state index is 13.2. The van der Waals surface area contributed by atoms with Gasteiger partial charge in [-0.15, -0.1) is 0 Å². The number of benzene rings is 2. The van der Waals surface area contributed by atoms with E-state index in [1.807, 2.05) is 32.0 Å². The summed E-state index contributed by atoms with van der Waals surface area (Å²) >= 11 is 3.37. The number of rotatable bonds is 3. The fourth-order valence-corrected chi connectivity index (χ4v) is 2.37. The Bertz CT molecular complexity index is 642. The van der Waals surface area contributed by atoms with Crippen molar-refractivity contribution in [2.75, 3.05) is 0 Å². The number of carbonyl (C=O) groups is 1. The van der Waals surface area contributed by atoms with Crippen LogP contribution in [-0.4, -0.2) is 5.91 Å². The van der Waals surface area contributed by atoms with Crippen molar-refractivity contribution in [1.29, 1.82) is 0 Å². The summed E-state index contributed by atoms with van der Waals surface area (Å²) in [6.45, 7) is 3.76. The molecule has 0 saturated carbocycles. The van der Waals surface area contributed by atoms with Crippen LogP contribution in [0.5, 0.6) is 0 Å². The molecule has 2 nitrogen and oxygen atoms in total. The molecule has 104 valence electrons. The molecular weight excluding hydrogens is 321 g/mol. The molecule has 0 aromatic heterocycles. The smallest absolute Gasteiger partial charge is 0.252 e. The van der Waals surface area contributed by atoms with Crippen LogP contribution in [0, 0.1) is 12.7 Å². The normalized spacial score (nSPS) is 12.0. The minimum atomic E-state index is -0.305. The first kappa shape index (κ1) is 14.7. The highest BCUT2D eigenvalue weighted by Gasteiger charge is 2.14. The first-order valence-corrected chi connectivity index (χ1v) is 7.09. The molecule has 1 N–H and O–H groups in total. The molecule has 0 saturated heterocycles. The predicted molar refractivity (Wildman–Crippen MR) is 81.2 cm³/mol. The number of carbonyl (C=O) groups excluding carboxylic acids is 1. The van der Waals surface area contributed by atoms with Crippen molar-refractivity contribution in [3.8, 4) is 0 Å². The largest absolute Gasteiger partial charge is 0.345 e. The van der Waals surface area contributed by atoms with E-state index in [1.165, 1.54) is 12.1 Å². The Morgan fingerprint density at radius 2 is 2.00 bits per heavy atom. The summed E-state index contributed by atoms with van der Waals surface area (Å²) in [5, 5.41) is 2.87. The zero-order valence-electron chi connectivity index (χ0n) is 11.3. The lowest BCUT2D eigenvalue weighted by atomic mass is 10.1. The van der Waals surface area contributed by atoms with E-state index < -0.39 is 0 Å². The molecule has 2 aromatic rings. The van der Waals surface area contributed by atoms with Crippen molar-refractivity contribution in [3.05, 3.63) is 69.4 Å². The lowest BCUT2D eigenvalue weighted by Crippen LogP contribution is -2.27. The molecule has 0 radical (unpaired) electrons. The molecule has 0 aliphatic carbocycles. The van der Waals surface area contributed by atoms with Gasteiger partial charge < -0.3 is 5.32 Å². The number of halogens is 2. The molecule has 20 heavy (non-hydrogen) atoms. The van der Waals surface area contributed by atoms with Gasteiger partial charge in [-0.2, -0.15) is 0 Å². The van der Waals surface area contributed by atoms with E-state index in [2.05, 4.69) is 21.2 Å². The third-order valence-electron chi connectivity index (χ3n) is 3.06. The van der Waals surface area contributed by atoms with E-state index in [0.717, 1.165) is 15.6 Å². The van der Waals surface area contributed by atoms with Crippen molar-refractivity contribution >= 4 is 21.8 Å². The van der Waals surface area contributed by atoms with E-state index in [-0.39, 0.29) is 17.8 Å². The van der Waals surface area contributed by atoms with Gasteiger partial charge in [-0.1, -0.05) is 23.8 Å². The Kier molecular flexibility index (Phi) is 4.55. The van der Waals surface area contributed by atoms with Crippen molar-refractivity contribution < 1.29 is 9.18 Å². The molecular formula is C16H15BrFNO. The molecule has 2 rings (SSSR count). The minimum absolute atomic E-state index is 0.183. The average molecular weight is 336 g/mol. The van der Waals surface area contributed by atoms with Gasteiger partial charge in [0.2, 0.25) is 0 Å². The zero-order chi connectivity index (χ0) is 14.7. The lowest BCUT2D eigenvalue weighted by molar-refractivity contribution is 0.0939. The summed E-state index contributed by atoms with van der Waals surface area (Å²) in [6.07, 6.45) is 0. The molecule has 4 heteroatoms. The van der Waals surface area contributed by atoms with Gasteiger partial charge in [0.05, 0.1) is 11.6 Å². The van der Waals surface area contributed by atoms with Gasteiger partial charge in [-0.05, 0) is 59.6 Å². The molecule has 0 spiro atoms. The van der Waals surface area contributed by atoms with E-state index >= 15 is 0 Å². The van der Waals surface area contributed by atoms with Crippen LogP contribution in [0.1, 0.15) is 34.5 Å². The highest BCUT2D eigenvalue weighted by Crippen LogP contribution is 2.20. The van der Waals surface area contributed by atoms with Gasteiger partial charge in [-0.25, -0.2) is 4.39 Å². The number of aryl methyl sites for hydroxylation is 1. The molecule has 2 aromatic carbocycles. The van der Waals surface area contributed by atoms with Gasteiger partial charge in [0.15, 0.2) is 0 Å². The van der Waals surface area contributed by atoms with E-state index in [4.69, 9.17) is 0 Å². The Hall–Kier alpha value is -1.68. The standard InChI is InChI=1S/C16H15BrFNO/c1-10-6-7-15(17)14(8-10)16(20)19-11(2)12-4-3-5-13(18)9-12/h3-9,11H,1-2H3,(H,19,20). The summed E-state index contributed by atoms with van der Waals surface area (Å²) in [6, 6.07) is 11.6. The molecule has 0 aliphatic heterocycles. The summed E-state index contributed by atoms with van der Waals surface area (Å²) in [5.41, 5.74) is 2.33. The van der Waals surface area contributed by atoms with Crippen molar-refractivity contribution in [1.82, 2.24) is 5.32 Å². The molecule has 1 amide bonds. The number of hydrogen-bond donors (Lipinski definition) is 1. The van der Waals surface area contributed by atoms with Crippen LogP contribution in [0.15, 0.2) is 46.9 Å². The monoisotopic (exact) mass is 335 g/mol. The number of amides is 1. The number of nitrogens with one attached hydrogen (secondary N) is 1. The minimum Gasteiger partial charge on any atom is -0.345 e. The highest BCUT2D eigenvalue weighted by atomic mass is 79.9. The van der Waals surface area contributed by atoms with Crippen molar-refractivity contribution in [2.24, 2.45) is 0 Å². The van der Waals surface area contributed by atoms with Gasteiger partial charge in [0.1, 0.15) is 5.82 Å².